The van der Waals surface area contributed by atoms with Gasteiger partial charge in [-0.25, -0.2) is 9.78 Å². The van der Waals surface area contributed by atoms with Crippen molar-refractivity contribution < 1.29 is 9.53 Å². The van der Waals surface area contributed by atoms with E-state index in [1.165, 1.54) is 19.3 Å². The summed E-state index contributed by atoms with van der Waals surface area (Å²) in [5, 5.41) is 8.78. The van der Waals surface area contributed by atoms with Gasteiger partial charge in [-0.05, 0) is 38.3 Å². The molecule has 2 heterocycles. The van der Waals surface area contributed by atoms with Gasteiger partial charge in [0.25, 0.3) is 0 Å². The van der Waals surface area contributed by atoms with Crippen LogP contribution in [-0.2, 0) is 0 Å². The van der Waals surface area contributed by atoms with E-state index in [9.17, 15) is 4.79 Å². The number of aromatic nitrogens is 2. The van der Waals surface area contributed by atoms with Crippen molar-refractivity contribution in [3.05, 3.63) is 36.0 Å². The zero-order valence-electron chi connectivity index (χ0n) is 16.5. The van der Waals surface area contributed by atoms with Crippen LogP contribution in [0.4, 0.5) is 22.2 Å². The van der Waals surface area contributed by atoms with E-state index in [0.717, 1.165) is 24.6 Å². The zero-order chi connectivity index (χ0) is 19.8. The molecule has 8 heteroatoms. The van der Waals surface area contributed by atoms with Crippen LogP contribution < -0.4 is 25.6 Å². The molecular weight excluding hydrogens is 356 g/mol. The Morgan fingerprint density at radius 3 is 2.71 bits per heavy atom. The fraction of sp³-hybridized carbons (Fsp3) is 0.450. The van der Waals surface area contributed by atoms with E-state index in [-0.39, 0.29) is 6.03 Å². The molecule has 0 bridgehead atoms. The van der Waals surface area contributed by atoms with Gasteiger partial charge in [0.15, 0.2) is 0 Å². The van der Waals surface area contributed by atoms with E-state index in [4.69, 9.17) is 4.74 Å². The summed E-state index contributed by atoms with van der Waals surface area (Å²) in [5.41, 5.74) is 1.56. The monoisotopic (exact) mass is 384 g/mol. The van der Waals surface area contributed by atoms with E-state index in [0.29, 0.717) is 30.5 Å². The third-order valence-corrected chi connectivity index (χ3v) is 4.57. The predicted octanol–water partition coefficient (Wildman–Crippen LogP) is 3.02. The Bertz CT molecular complexity index is 792. The number of urea groups is 1. The highest BCUT2D eigenvalue weighted by Crippen LogP contribution is 2.22. The molecule has 28 heavy (non-hydrogen) atoms. The van der Waals surface area contributed by atoms with Crippen molar-refractivity contribution >= 4 is 23.5 Å². The molecule has 0 saturated carbocycles. The van der Waals surface area contributed by atoms with Gasteiger partial charge in [-0.1, -0.05) is 12.1 Å². The minimum atomic E-state index is -0.287. The molecule has 1 aliphatic heterocycles. The fourth-order valence-electron chi connectivity index (χ4n) is 3.18. The number of anilines is 3. The van der Waals surface area contributed by atoms with Gasteiger partial charge >= 0.3 is 6.03 Å². The Labute approximate surface area is 165 Å². The van der Waals surface area contributed by atoms with Crippen LogP contribution in [0, 0.1) is 6.92 Å². The van der Waals surface area contributed by atoms with Crippen LogP contribution in [0.2, 0.25) is 0 Å². The molecule has 0 unspecified atom stereocenters. The lowest BCUT2D eigenvalue weighted by molar-refractivity contribution is 0.252. The van der Waals surface area contributed by atoms with Gasteiger partial charge in [0.05, 0.1) is 12.8 Å². The maximum absolute atomic E-state index is 12.1. The van der Waals surface area contributed by atoms with Crippen molar-refractivity contribution in [1.29, 1.82) is 0 Å². The summed E-state index contributed by atoms with van der Waals surface area (Å²) in [7, 11) is 1.57. The minimum absolute atomic E-state index is 0.287. The van der Waals surface area contributed by atoms with Crippen molar-refractivity contribution in [1.82, 2.24) is 15.3 Å². The molecule has 1 aromatic heterocycles. The molecule has 150 valence electrons. The minimum Gasteiger partial charge on any atom is -0.495 e. The molecule has 8 nitrogen and oxygen atoms in total. The largest absolute Gasteiger partial charge is 0.495 e. The Kier molecular flexibility index (Phi) is 6.89. The van der Waals surface area contributed by atoms with Gasteiger partial charge in [0.1, 0.15) is 11.6 Å². The average Bonchev–Trinajstić information content (AvgIpc) is 2.72. The second-order valence-corrected chi connectivity index (χ2v) is 6.75. The van der Waals surface area contributed by atoms with E-state index in [2.05, 4.69) is 30.8 Å². The van der Waals surface area contributed by atoms with E-state index < -0.39 is 0 Å². The SMILES string of the molecule is COc1ccccc1NC(=O)NCCNc1nc(C)cc(N2CCCCC2)n1. The standard InChI is InChI=1S/C20H28N6O2/c1-15-14-18(26-12-6-3-7-13-26)25-19(23-15)21-10-11-22-20(27)24-16-8-4-5-9-17(16)28-2/h4-5,8-9,14H,3,6-7,10-13H2,1-2H3,(H,21,23,25)(H2,22,24,27). The number of piperidine rings is 1. The molecule has 3 N–H and O–H groups in total. The number of methoxy groups -OCH3 is 1. The van der Waals surface area contributed by atoms with Gasteiger partial charge in [0, 0.05) is 37.9 Å². The van der Waals surface area contributed by atoms with Gasteiger partial charge < -0.3 is 25.6 Å². The topological polar surface area (TPSA) is 91.4 Å². The molecule has 1 fully saturated rings. The lowest BCUT2D eigenvalue weighted by Gasteiger charge is -2.28. The van der Waals surface area contributed by atoms with Gasteiger partial charge in [-0.3, -0.25) is 0 Å². The highest BCUT2D eigenvalue weighted by molar-refractivity contribution is 5.90. The third kappa shape index (κ3) is 5.48. The second kappa shape index (κ2) is 9.77. The van der Waals surface area contributed by atoms with Crippen LogP contribution in [0.15, 0.2) is 30.3 Å². The number of benzene rings is 1. The average molecular weight is 384 g/mol. The molecule has 3 rings (SSSR count). The molecule has 2 aromatic rings. The zero-order valence-corrected chi connectivity index (χ0v) is 16.5. The highest BCUT2D eigenvalue weighted by Gasteiger charge is 2.14. The highest BCUT2D eigenvalue weighted by atomic mass is 16.5. The van der Waals surface area contributed by atoms with E-state index in [1.54, 1.807) is 19.2 Å². The van der Waals surface area contributed by atoms with E-state index >= 15 is 0 Å². The number of hydrogen-bond acceptors (Lipinski definition) is 6. The number of rotatable bonds is 7. The normalized spacial score (nSPS) is 13.7. The van der Waals surface area contributed by atoms with Crippen LogP contribution in [0.5, 0.6) is 5.75 Å². The van der Waals surface area contributed by atoms with Gasteiger partial charge in [-0.15, -0.1) is 0 Å². The molecule has 2 amide bonds. The first-order valence-electron chi connectivity index (χ1n) is 9.68. The van der Waals surface area contributed by atoms with E-state index in [1.807, 2.05) is 25.1 Å². The van der Waals surface area contributed by atoms with Gasteiger partial charge in [0.2, 0.25) is 5.95 Å². The lowest BCUT2D eigenvalue weighted by Crippen LogP contribution is -2.33. The van der Waals surface area contributed by atoms with Crippen molar-refractivity contribution in [2.24, 2.45) is 0 Å². The van der Waals surface area contributed by atoms with Crippen LogP contribution in [-0.4, -0.2) is 49.3 Å². The Hall–Kier alpha value is -3.03. The first-order valence-corrected chi connectivity index (χ1v) is 9.68. The second-order valence-electron chi connectivity index (χ2n) is 6.75. The number of hydrogen-bond donors (Lipinski definition) is 3. The number of nitrogens with one attached hydrogen (secondary N) is 3. The van der Waals surface area contributed by atoms with Crippen LogP contribution in [0.25, 0.3) is 0 Å². The van der Waals surface area contributed by atoms with Crippen LogP contribution in [0.3, 0.4) is 0 Å². The molecule has 0 spiro atoms. The van der Waals surface area contributed by atoms with Crippen molar-refractivity contribution in [3.8, 4) is 5.75 Å². The summed E-state index contributed by atoms with van der Waals surface area (Å²) in [6.07, 6.45) is 3.70. The molecule has 1 aliphatic rings. The quantitative estimate of drug-likeness (QED) is 0.636. The maximum atomic E-state index is 12.1. The fourth-order valence-corrected chi connectivity index (χ4v) is 3.18. The Morgan fingerprint density at radius 1 is 1.14 bits per heavy atom. The first-order chi connectivity index (χ1) is 13.7. The summed E-state index contributed by atoms with van der Waals surface area (Å²) < 4.78 is 5.23. The predicted molar refractivity (Wildman–Crippen MR) is 111 cm³/mol. The van der Waals surface area contributed by atoms with Crippen LogP contribution >= 0.6 is 0 Å². The number of aryl methyl sites for hydroxylation is 1. The Balaban J connectivity index is 1.47. The van der Waals surface area contributed by atoms with Crippen LogP contribution in [0.1, 0.15) is 25.0 Å². The van der Waals surface area contributed by atoms with Crippen molar-refractivity contribution in [2.75, 3.05) is 48.8 Å². The number of amides is 2. The molecule has 0 aliphatic carbocycles. The number of ether oxygens (including phenoxy) is 1. The smallest absolute Gasteiger partial charge is 0.319 e. The summed E-state index contributed by atoms with van der Waals surface area (Å²) in [6, 6.07) is 9.02. The van der Waals surface area contributed by atoms with Crippen molar-refractivity contribution in [2.45, 2.75) is 26.2 Å². The molecule has 0 radical (unpaired) electrons. The first kappa shape index (κ1) is 19.7. The molecule has 1 saturated heterocycles. The molecular formula is C20H28N6O2. The lowest BCUT2D eigenvalue weighted by atomic mass is 10.1. The summed E-state index contributed by atoms with van der Waals surface area (Å²) >= 11 is 0. The number of carbonyl (C=O) groups excluding carboxylic acids is 1. The van der Waals surface area contributed by atoms with Gasteiger partial charge in [-0.2, -0.15) is 4.98 Å². The Morgan fingerprint density at radius 2 is 1.93 bits per heavy atom. The number of nitrogens with zero attached hydrogens (tertiary/aromatic N) is 3. The maximum Gasteiger partial charge on any atom is 0.319 e. The molecule has 0 atom stereocenters. The number of para-hydroxylation sites is 2. The summed E-state index contributed by atoms with van der Waals surface area (Å²) in [6.45, 7) is 5.03. The third-order valence-electron chi connectivity index (χ3n) is 4.57. The van der Waals surface area contributed by atoms with Crippen molar-refractivity contribution in [3.63, 3.8) is 0 Å². The number of carbonyl (C=O) groups is 1. The summed E-state index contributed by atoms with van der Waals surface area (Å²) in [5.74, 6) is 2.18. The summed E-state index contributed by atoms with van der Waals surface area (Å²) in [4.78, 5) is 23.4. The molecule has 1 aromatic carbocycles.